The first kappa shape index (κ1) is 19.8. The average molecular weight is 438 g/mol. The maximum Gasteiger partial charge on any atom is 0.258 e. The first-order valence-corrected chi connectivity index (χ1v) is 11.8. The van der Waals surface area contributed by atoms with Gasteiger partial charge in [0.05, 0.1) is 22.0 Å². The fraction of sp³-hybridized carbons (Fsp3) is 0.136. The standard InChI is InChI=1S/C22H19N3OS3/c1-14-7-9-16(10-8-14)19-13-29-22(24-19)25-21(26)18-5-3-4-6-20(18)28-12-17-11-27-15(2)23-17/h3-11,13H,12H2,1-2H3,(H,24,25,26). The summed E-state index contributed by atoms with van der Waals surface area (Å²) in [6, 6.07) is 15.9. The highest BCUT2D eigenvalue weighted by molar-refractivity contribution is 7.98. The molecular formula is C22H19N3OS3. The quantitative estimate of drug-likeness (QED) is 0.353. The molecule has 0 unspecified atom stereocenters. The number of nitrogens with one attached hydrogen (secondary N) is 1. The Morgan fingerprint density at radius 3 is 2.55 bits per heavy atom. The maximum absolute atomic E-state index is 12.9. The Labute approximate surface area is 182 Å². The molecule has 1 N–H and O–H groups in total. The van der Waals surface area contributed by atoms with Gasteiger partial charge in [-0.2, -0.15) is 0 Å². The van der Waals surface area contributed by atoms with Crippen molar-refractivity contribution in [3.05, 3.63) is 81.1 Å². The van der Waals surface area contributed by atoms with Gasteiger partial charge in [-0.15, -0.1) is 34.4 Å². The van der Waals surface area contributed by atoms with E-state index >= 15 is 0 Å². The summed E-state index contributed by atoms with van der Waals surface area (Å²) in [7, 11) is 0. The molecule has 146 valence electrons. The zero-order valence-electron chi connectivity index (χ0n) is 16.0. The van der Waals surface area contributed by atoms with E-state index in [-0.39, 0.29) is 5.91 Å². The van der Waals surface area contributed by atoms with Gasteiger partial charge in [0.15, 0.2) is 5.13 Å². The van der Waals surface area contributed by atoms with Crippen LogP contribution in [0.2, 0.25) is 0 Å². The first-order chi connectivity index (χ1) is 14.1. The van der Waals surface area contributed by atoms with Gasteiger partial charge >= 0.3 is 0 Å². The number of carbonyl (C=O) groups is 1. The Morgan fingerprint density at radius 2 is 1.79 bits per heavy atom. The molecule has 0 radical (unpaired) electrons. The Balaban J connectivity index is 1.47. The molecule has 2 heterocycles. The number of aryl methyl sites for hydroxylation is 2. The van der Waals surface area contributed by atoms with Crippen molar-refractivity contribution in [1.82, 2.24) is 9.97 Å². The summed E-state index contributed by atoms with van der Waals surface area (Å²) in [6.45, 7) is 4.06. The van der Waals surface area contributed by atoms with Crippen molar-refractivity contribution in [3.63, 3.8) is 0 Å². The van der Waals surface area contributed by atoms with Crippen LogP contribution < -0.4 is 5.32 Å². The molecule has 0 saturated heterocycles. The van der Waals surface area contributed by atoms with Gasteiger partial charge < -0.3 is 0 Å². The third kappa shape index (κ3) is 4.93. The van der Waals surface area contributed by atoms with E-state index in [1.165, 1.54) is 16.9 Å². The van der Waals surface area contributed by atoms with E-state index in [4.69, 9.17) is 0 Å². The first-order valence-electron chi connectivity index (χ1n) is 9.05. The average Bonchev–Trinajstić information content (AvgIpc) is 3.36. The zero-order chi connectivity index (χ0) is 20.2. The molecule has 0 saturated carbocycles. The van der Waals surface area contributed by atoms with Crippen LogP contribution in [0.3, 0.4) is 0 Å². The Morgan fingerprint density at radius 1 is 1.00 bits per heavy atom. The predicted molar refractivity (Wildman–Crippen MR) is 123 cm³/mol. The summed E-state index contributed by atoms with van der Waals surface area (Å²) in [5.74, 6) is 0.594. The monoisotopic (exact) mass is 437 g/mol. The Bertz CT molecular complexity index is 1130. The molecule has 0 aliphatic rings. The third-order valence-corrected chi connectivity index (χ3v) is 6.93. The lowest BCUT2D eigenvalue weighted by atomic mass is 10.1. The summed E-state index contributed by atoms with van der Waals surface area (Å²) in [6.07, 6.45) is 0. The number of nitrogens with zero attached hydrogens (tertiary/aromatic N) is 2. The highest BCUT2D eigenvalue weighted by Gasteiger charge is 2.14. The van der Waals surface area contributed by atoms with Gasteiger partial charge in [0, 0.05) is 27.0 Å². The highest BCUT2D eigenvalue weighted by atomic mass is 32.2. The van der Waals surface area contributed by atoms with Crippen molar-refractivity contribution in [1.29, 1.82) is 0 Å². The van der Waals surface area contributed by atoms with E-state index in [0.29, 0.717) is 10.7 Å². The van der Waals surface area contributed by atoms with Crippen LogP contribution in [0.25, 0.3) is 11.3 Å². The van der Waals surface area contributed by atoms with Gasteiger partial charge in [-0.3, -0.25) is 10.1 Å². The molecule has 4 nitrogen and oxygen atoms in total. The largest absolute Gasteiger partial charge is 0.298 e. The molecule has 29 heavy (non-hydrogen) atoms. The van der Waals surface area contributed by atoms with Crippen LogP contribution in [0.15, 0.2) is 64.2 Å². The Kier molecular flexibility index (Phi) is 6.08. The minimum atomic E-state index is -0.146. The molecule has 7 heteroatoms. The summed E-state index contributed by atoms with van der Waals surface area (Å²) < 4.78 is 0. The number of anilines is 1. The van der Waals surface area contributed by atoms with E-state index in [0.717, 1.165) is 32.6 Å². The smallest absolute Gasteiger partial charge is 0.258 e. The van der Waals surface area contributed by atoms with Crippen molar-refractivity contribution < 1.29 is 4.79 Å². The maximum atomic E-state index is 12.9. The molecule has 4 aromatic rings. The van der Waals surface area contributed by atoms with E-state index < -0.39 is 0 Å². The summed E-state index contributed by atoms with van der Waals surface area (Å²) in [5, 5.41) is 8.62. The number of thiazole rings is 2. The summed E-state index contributed by atoms with van der Waals surface area (Å²) >= 11 is 4.70. The fourth-order valence-electron chi connectivity index (χ4n) is 2.76. The van der Waals surface area contributed by atoms with E-state index in [2.05, 4.69) is 39.7 Å². The van der Waals surface area contributed by atoms with Gasteiger partial charge in [-0.25, -0.2) is 9.97 Å². The van der Waals surface area contributed by atoms with E-state index in [9.17, 15) is 4.79 Å². The van der Waals surface area contributed by atoms with Crippen molar-refractivity contribution in [2.75, 3.05) is 5.32 Å². The molecule has 0 atom stereocenters. The Hall–Kier alpha value is -2.48. The molecule has 0 aliphatic heterocycles. The third-order valence-electron chi connectivity index (χ3n) is 4.25. The van der Waals surface area contributed by atoms with Gasteiger partial charge in [-0.05, 0) is 26.0 Å². The molecule has 1 amide bonds. The number of hydrogen-bond donors (Lipinski definition) is 1. The molecule has 4 rings (SSSR count). The molecule has 0 spiro atoms. The second kappa shape index (κ2) is 8.90. The topological polar surface area (TPSA) is 54.9 Å². The molecule has 0 bridgehead atoms. The molecular weight excluding hydrogens is 418 g/mol. The SMILES string of the molecule is Cc1ccc(-c2csc(NC(=O)c3ccccc3SCc3csc(C)n3)n2)cc1. The lowest BCUT2D eigenvalue weighted by Gasteiger charge is -2.08. The normalized spacial score (nSPS) is 10.8. The number of amides is 1. The van der Waals surface area contributed by atoms with Crippen molar-refractivity contribution in [2.24, 2.45) is 0 Å². The predicted octanol–water partition coefficient (Wildman–Crippen LogP) is 6.43. The molecule has 0 aliphatic carbocycles. The minimum Gasteiger partial charge on any atom is -0.298 e. The van der Waals surface area contributed by atoms with Gasteiger partial charge in [0.25, 0.3) is 5.91 Å². The lowest BCUT2D eigenvalue weighted by molar-refractivity contribution is 0.102. The number of carbonyl (C=O) groups excluding carboxylic acids is 1. The van der Waals surface area contributed by atoms with Crippen LogP contribution in [0.1, 0.15) is 26.6 Å². The van der Waals surface area contributed by atoms with Gasteiger partial charge in [0.1, 0.15) is 0 Å². The second-order valence-corrected chi connectivity index (χ2v) is 9.44. The summed E-state index contributed by atoms with van der Waals surface area (Å²) in [5.41, 5.74) is 4.81. The van der Waals surface area contributed by atoms with Crippen LogP contribution >= 0.6 is 34.4 Å². The van der Waals surface area contributed by atoms with Crippen molar-refractivity contribution in [3.8, 4) is 11.3 Å². The highest BCUT2D eigenvalue weighted by Crippen LogP contribution is 2.29. The number of benzene rings is 2. The van der Waals surface area contributed by atoms with E-state index in [1.807, 2.05) is 48.7 Å². The summed E-state index contributed by atoms with van der Waals surface area (Å²) in [4.78, 5) is 22.9. The van der Waals surface area contributed by atoms with Crippen LogP contribution in [0, 0.1) is 13.8 Å². The number of thioether (sulfide) groups is 1. The van der Waals surface area contributed by atoms with Gasteiger partial charge in [-0.1, -0.05) is 42.0 Å². The van der Waals surface area contributed by atoms with Gasteiger partial charge in [0.2, 0.25) is 0 Å². The number of hydrogen-bond acceptors (Lipinski definition) is 6. The van der Waals surface area contributed by atoms with Crippen molar-refractivity contribution in [2.45, 2.75) is 24.5 Å². The van der Waals surface area contributed by atoms with Crippen molar-refractivity contribution >= 4 is 45.5 Å². The van der Waals surface area contributed by atoms with Crippen LogP contribution in [0.5, 0.6) is 0 Å². The molecule has 2 aromatic heterocycles. The molecule has 0 fully saturated rings. The van der Waals surface area contributed by atoms with Crippen LogP contribution in [0.4, 0.5) is 5.13 Å². The number of rotatable bonds is 6. The lowest BCUT2D eigenvalue weighted by Crippen LogP contribution is -2.12. The fourth-order valence-corrected chi connectivity index (χ4v) is 5.13. The molecule has 2 aromatic carbocycles. The number of aromatic nitrogens is 2. The second-order valence-electron chi connectivity index (χ2n) is 6.50. The van der Waals surface area contributed by atoms with E-state index in [1.54, 1.807) is 23.1 Å². The van der Waals surface area contributed by atoms with Crippen LogP contribution in [-0.2, 0) is 5.75 Å². The minimum absolute atomic E-state index is 0.146. The van der Waals surface area contributed by atoms with Crippen LogP contribution in [-0.4, -0.2) is 15.9 Å². The zero-order valence-corrected chi connectivity index (χ0v) is 18.5.